The molecule has 2 aliphatic rings. The van der Waals surface area contributed by atoms with Gasteiger partial charge in [0.1, 0.15) is 0 Å². The minimum atomic E-state index is 0.0907. The third kappa shape index (κ3) is 5.19. The predicted octanol–water partition coefficient (Wildman–Crippen LogP) is 1.15. The van der Waals surface area contributed by atoms with Gasteiger partial charge in [-0.3, -0.25) is 19.4 Å². The number of amides is 2. The highest BCUT2D eigenvalue weighted by molar-refractivity contribution is 6.30. The van der Waals surface area contributed by atoms with Crippen molar-refractivity contribution in [2.75, 3.05) is 58.9 Å². The second-order valence-electron chi connectivity index (χ2n) is 7.07. The van der Waals surface area contributed by atoms with Gasteiger partial charge in [-0.1, -0.05) is 23.7 Å². The van der Waals surface area contributed by atoms with E-state index in [1.165, 1.54) is 5.56 Å². The molecule has 6 nitrogen and oxygen atoms in total. The summed E-state index contributed by atoms with van der Waals surface area (Å²) in [5.74, 6) is 0.268. The molecule has 0 aliphatic carbocycles. The first-order valence-corrected chi connectivity index (χ1v) is 9.61. The average Bonchev–Trinajstić information content (AvgIpc) is 2.63. The topological polar surface area (TPSA) is 47.1 Å². The molecule has 2 amide bonds. The van der Waals surface area contributed by atoms with Crippen molar-refractivity contribution in [1.82, 2.24) is 19.6 Å². The molecule has 1 aromatic carbocycles. The molecule has 26 heavy (non-hydrogen) atoms. The zero-order valence-corrected chi connectivity index (χ0v) is 16.1. The second-order valence-corrected chi connectivity index (χ2v) is 7.51. The molecule has 0 N–H and O–H groups in total. The smallest absolute Gasteiger partial charge is 0.236 e. The van der Waals surface area contributed by atoms with E-state index in [0.717, 1.165) is 37.7 Å². The van der Waals surface area contributed by atoms with Crippen LogP contribution in [0.2, 0.25) is 5.02 Å². The van der Waals surface area contributed by atoms with Crippen LogP contribution < -0.4 is 0 Å². The van der Waals surface area contributed by atoms with Gasteiger partial charge in [0.05, 0.1) is 6.54 Å². The summed E-state index contributed by atoms with van der Waals surface area (Å²) in [7, 11) is 0. The molecule has 2 heterocycles. The number of nitrogens with zero attached hydrogens (tertiary/aromatic N) is 4. The lowest BCUT2D eigenvalue weighted by atomic mass is 10.2. The summed E-state index contributed by atoms with van der Waals surface area (Å²) in [6.45, 7) is 9.26. The zero-order valence-electron chi connectivity index (χ0n) is 15.4. The van der Waals surface area contributed by atoms with Gasteiger partial charge in [0.15, 0.2) is 0 Å². The fourth-order valence-electron chi connectivity index (χ4n) is 3.56. The van der Waals surface area contributed by atoms with Gasteiger partial charge in [-0.05, 0) is 17.7 Å². The Bertz CT molecular complexity index is 638. The summed E-state index contributed by atoms with van der Waals surface area (Å²) >= 11 is 6.05. The van der Waals surface area contributed by atoms with Crippen molar-refractivity contribution < 1.29 is 9.59 Å². The number of carbonyl (C=O) groups excluding carboxylic acids is 2. The van der Waals surface area contributed by atoms with Crippen LogP contribution in [0, 0.1) is 0 Å². The van der Waals surface area contributed by atoms with Crippen molar-refractivity contribution in [2.24, 2.45) is 0 Å². The van der Waals surface area contributed by atoms with E-state index in [1.54, 1.807) is 11.8 Å². The van der Waals surface area contributed by atoms with Gasteiger partial charge in [-0.15, -0.1) is 0 Å². The third-order valence-electron chi connectivity index (χ3n) is 5.20. The highest BCUT2D eigenvalue weighted by Gasteiger charge is 2.25. The minimum absolute atomic E-state index is 0.0907. The number of carbonyl (C=O) groups is 2. The molecule has 0 atom stereocenters. The predicted molar refractivity (Wildman–Crippen MR) is 102 cm³/mol. The van der Waals surface area contributed by atoms with Gasteiger partial charge in [-0.2, -0.15) is 0 Å². The Morgan fingerprint density at radius 3 is 2.15 bits per heavy atom. The van der Waals surface area contributed by atoms with Crippen LogP contribution in [-0.2, 0) is 16.1 Å². The molecule has 2 saturated heterocycles. The van der Waals surface area contributed by atoms with Crippen molar-refractivity contribution in [3.63, 3.8) is 0 Å². The quantitative estimate of drug-likeness (QED) is 0.788. The van der Waals surface area contributed by atoms with Crippen LogP contribution in [0.25, 0.3) is 0 Å². The third-order valence-corrected chi connectivity index (χ3v) is 5.43. The maximum absolute atomic E-state index is 12.5. The first kappa shape index (κ1) is 19.1. The summed E-state index contributed by atoms with van der Waals surface area (Å²) in [5.41, 5.74) is 1.23. The second kappa shape index (κ2) is 8.84. The molecule has 2 aliphatic heterocycles. The van der Waals surface area contributed by atoms with Crippen LogP contribution in [0.15, 0.2) is 24.3 Å². The summed E-state index contributed by atoms with van der Waals surface area (Å²) in [6.07, 6.45) is 0. The number of rotatable bonds is 4. The van der Waals surface area contributed by atoms with Crippen LogP contribution in [0.5, 0.6) is 0 Å². The van der Waals surface area contributed by atoms with Crippen LogP contribution in [-0.4, -0.2) is 90.3 Å². The lowest BCUT2D eigenvalue weighted by Crippen LogP contribution is -2.54. The van der Waals surface area contributed by atoms with E-state index in [2.05, 4.69) is 15.9 Å². The molecule has 1 aromatic rings. The Labute approximate surface area is 160 Å². The number of hydrogen-bond acceptors (Lipinski definition) is 4. The van der Waals surface area contributed by atoms with Gasteiger partial charge >= 0.3 is 0 Å². The molecule has 0 bridgehead atoms. The molecule has 0 saturated carbocycles. The van der Waals surface area contributed by atoms with Crippen molar-refractivity contribution >= 4 is 23.4 Å². The molecule has 7 heteroatoms. The Morgan fingerprint density at radius 2 is 1.54 bits per heavy atom. The molecular weight excluding hydrogens is 352 g/mol. The van der Waals surface area contributed by atoms with E-state index < -0.39 is 0 Å². The van der Waals surface area contributed by atoms with Crippen molar-refractivity contribution in [3.8, 4) is 0 Å². The number of hydrogen-bond donors (Lipinski definition) is 0. The van der Waals surface area contributed by atoms with Crippen LogP contribution in [0.4, 0.5) is 0 Å². The van der Waals surface area contributed by atoms with E-state index in [9.17, 15) is 9.59 Å². The van der Waals surface area contributed by atoms with Crippen LogP contribution >= 0.6 is 11.6 Å². The molecule has 3 rings (SSSR count). The fraction of sp³-hybridized carbons (Fsp3) is 0.579. The van der Waals surface area contributed by atoms with E-state index in [0.29, 0.717) is 32.7 Å². The lowest BCUT2D eigenvalue weighted by Gasteiger charge is -2.37. The fourth-order valence-corrected chi connectivity index (χ4v) is 3.77. The standard InChI is InChI=1S/C19H27ClN4O2/c1-16(25)23-9-11-24(12-10-23)19(26)15-22-7-5-21(6-8-22)14-17-3-2-4-18(20)13-17/h2-4,13H,5-12,14-15H2,1H3. The number of halogens is 1. The van der Waals surface area contributed by atoms with E-state index in [-0.39, 0.29) is 11.8 Å². The van der Waals surface area contributed by atoms with Gasteiger partial charge < -0.3 is 9.80 Å². The van der Waals surface area contributed by atoms with Crippen molar-refractivity contribution in [2.45, 2.75) is 13.5 Å². The van der Waals surface area contributed by atoms with Gasteiger partial charge in [0.2, 0.25) is 11.8 Å². The summed E-state index contributed by atoms with van der Waals surface area (Å²) < 4.78 is 0. The monoisotopic (exact) mass is 378 g/mol. The normalized spacial score (nSPS) is 19.6. The molecule has 2 fully saturated rings. The summed E-state index contributed by atoms with van der Waals surface area (Å²) in [5, 5.41) is 0.775. The highest BCUT2D eigenvalue weighted by atomic mass is 35.5. The molecule has 0 radical (unpaired) electrons. The Balaban J connectivity index is 1.40. The maximum Gasteiger partial charge on any atom is 0.236 e. The van der Waals surface area contributed by atoms with Gasteiger partial charge in [0, 0.05) is 70.8 Å². The van der Waals surface area contributed by atoms with Gasteiger partial charge in [0.25, 0.3) is 0 Å². The van der Waals surface area contributed by atoms with Crippen molar-refractivity contribution in [3.05, 3.63) is 34.9 Å². The first-order chi connectivity index (χ1) is 12.5. The van der Waals surface area contributed by atoms with Crippen LogP contribution in [0.3, 0.4) is 0 Å². The van der Waals surface area contributed by atoms with Gasteiger partial charge in [-0.25, -0.2) is 0 Å². The summed E-state index contributed by atoms with van der Waals surface area (Å²) in [6, 6.07) is 7.99. The number of piperazine rings is 2. The Hall–Kier alpha value is -1.63. The van der Waals surface area contributed by atoms with E-state index in [4.69, 9.17) is 11.6 Å². The average molecular weight is 379 g/mol. The number of benzene rings is 1. The molecule has 142 valence electrons. The minimum Gasteiger partial charge on any atom is -0.339 e. The lowest BCUT2D eigenvalue weighted by molar-refractivity contribution is -0.139. The molecule has 0 spiro atoms. The van der Waals surface area contributed by atoms with E-state index in [1.807, 2.05) is 23.1 Å². The first-order valence-electron chi connectivity index (χ1n) is 9.24. The molecule has 0 unspecified atom stereocenters. The molecule has 0 aromatic heterocycles. The zero-order chi connectivity index (χ0) is 18.5. The Kier molecular flexibility index (Phi) is 6.51. The Morgan fingerprint density at radius 1 is 0.923 bits per heavy atom. The van der Waals surface area contributed by atoms with Crippen LogP contribution in [0.1, 0.15) is 12.5 Å². The summed E-state index contributed by atoms with van der Waals surface area (Å²) in [4.78, 5) is 32.2. The van der Waals surface area contributed by atoms with E-state index >= 15 is 0 Å². The highest BCUT2D eigenvalue weighted by Crippen LogP contribution is 2.14. The largest absolute Gasteiger partial charge is 0.339 e. The van der Waals surface area contributed by atoms with Crippen molar-refractivity contribution in [1.29, 1.82) is 0 Å². The molecular formula is C19H27ClN4O2. The maximum atomic E-state index is 12.5. The SMILES string of the molecule is CC(=O)N1CCN(C(=O)CN2CCN(Cc3cccc(Cl)c3)CC2)CC1.